The van der Waals surface area contributed by atoms with E-state index in [-0.39, 0.29) is 17.4 Å². The van der Waals surface area contributed by atoms with Crippen molar-refractivity contribution in [3.63, 3.8) is 0 Å². The highest BCUT2D eigenvalue weighted by Gasteiger charge is 2.48. The molecule has 0 radical (unpaired) electrons. The molecule has 3 N–H and O–H groups in total. The summed E-state index contributed by atoms with van der Waals surface area (Å²) in [6.45, 7) is 2.15. The number of hydrogen-bond acceptors (Lipinski definition) is 2. The maximum atomic E-state index is 12.4. The molecule has 96 valence electrons. The molecule has 1 aliphatic heterocycles. The number of amides is 1. The molecule has 1 aromatic rings. The predicted molar refractivity (Wildman–Crippen MR) is 72.6 cm³/mol. The van der Waals surface area contributed by atoms with E-state index in [9.17, 15) is 4.79 Å². The van der Waals surface area contributed by atoms with Crippen LogP contribution >= 0.6 is 0 Å². The summed E-state index contributed by atoms with van der Waals surface area (Å²) in [5.41, 5.74) is 9.20. The molecule has 1 amide bonds. The molecule has 3 rings (SSSR count). The minimum atomic E-state index is -0.295. The first kappa shape index (κ1) is 11.7. The van der Waals surface area contributed by atoms with Crippen LogP contribution in [0.2, 0.25) is 0 Å². The van der Waals surface area contributed by atoms with Gasteiger partial charge in [0.15, 0.2) is 0 Å². The molecular weight excluding hydrogens is 224 g/mol. The second-order valence-corrected chi connectivity index (χ2v) is 5.61. The van der Waals surface area contributed by atoms with Gasteiger partial charge in [-0.1, -0.05) is 19.1 Å². The second kappa shape index (κ2) is 4.09. The van der Waals surface area contributed by atoms with E-state index < -0.39 is 0 Å². The quantitative estimate of drug-likeness (QED) is 0.796. The van der Waals surface area contributed by atoms with Crippen LogP contribution in [0.5, 0.6) is 0 Å². The number of aryl methyl sites for hydroxylation is 1. The molecule has 0 bridgehead atoms. The molecule has 1 spiro atoms. The van der Waals surface area contributed by atoms with Gasteiger partial charge < -0.3 is 11.1 Å². The fourth-order valence-electron chi connectivity index (χ4n) is 3.31. The summed E-state index contributed by atoms with van der Waals surface area (Å²) >= 11 is 0. The first-order chi connectivity index (χ1) is 8.65. The Hall–Kier alpha value is -1.35. The fraction of sp³-hybridized carbons (Fsp3) is 0.533. The zero-order chi connectivity index (χ0) is 12.8. The number of nitrogens with one attached hydrogen (secondary N) is 1. The number of rotatable bonds is 1. The molecule has 0 atom stereocenters. The maximum Gasteiger partial charge on any atom is 0.235 e. The third-order valence-corrected chi connectivity index (χ3v) is 4.57. The van der Waals surface area contributed by atoms with Crippen molar-refractivity contribution in [1.82, 2.24) is 0 Å². The van der Waals surface area contributed by atoms with Crippen molar-refractivity contribution in [1.29, 1.82) is 0 Å². The van der Waals surface area contributed by atoms with Gasteiger partial charge in [0.2, 0.25) is 5.91 Å². The molecule has 1 saturated carbocycles. The average Bonchev–Trinajstić information content (AvgIpc) is 2.65. The lowest BCUT2D eigenvalue weighted by molar-refractivity contribution is -0.122. The Kier molecular flexibility index (Phi) is 2.67. The smallest absolute Gasteiger partial charge is 0.235 e. The third-order valence-electron chi connectivity index (χ3n) is 4.57. The van der Waals surface area contributed by atoms with E-state index in [4.69, 9.17) is 5.73 Å². The lowest BCUT2D eigenvalue weighted by Crippen LogP contribution is -2.41. The van der Waals surface area contributed by atoms with Crippen LogP contribution in [0.1, 0.15) is 43.7 Å². The van der Waals surface area contributed by atoms with Crippen LogP contribution in [0.4, 0.5) is 5.69 Å². The van der Waals surface area contributed by atoms with Gasteiger partial charge in [0.05, 0.1) is 5.41 Å². The number of benzene rings is 1. The van der Waals surface area contributed by atoms with E-state index in [2.05, 4.69) is 30.4 Å². The van der Waals surface area contributed by atoms with Crippen LogP contribution in [0.25, 0.3) is 0 Å². The SMILES string of the molecule is CCc1ccc2c(c1)C1(CCC(N)CC1)C(=O)N2. The van der Waals surface area contributed by atoms with Gasteiger partial charge in [-0.15, -0.1) is 0 Å². The highest BCUT2D eigenvalue weighted by Crippen LogP contribution is 2.47. The van der Waals surface area contributed by atoms with Gasteiger partial charge in [-0.05, 0) is 49.3 Å². The van der Waals surface area contributed by atoms with E-state index >= 15 is 0 Å². The normalized spacial score (nSPS) is 30.3. The highest BCUT2D eigenvalue weighted by atomic mass is 16.2. The Morgan fingerprint density at radius 1 is 1.39 bits per heavy atom. The molecule has 1 aromatic carbocycles. The Balaban J connectivity index is 2.04. The van der Waals surface area contributed by atoms with Crippen LogP contribution < -0.4 is 11.1 Å². The van der Waals surface area contributed by atoms with Crippen LogP contribution in [0.3, 0.4) is 0 Å². The minimum Gasteiger partial charge on any atom is -0.328 e. The van der Waals surface area contributed by atoms with E-state index in [1.807, 2.05) is 0 Å². The van der Waals surface area contributed by atoms with Crippen molar-refractivity contribution in [2.75, 3.05) is 5.32 Å². The molecule has 0 saturated heterocycles. The van der Waals surface area contributed by atoms with E-state index in [1.54, 1.807) is 0 Å². The van der Waals surface area contributed by atoms with E-state index in [0.29, 0.717) is 0 Å². The monoisotopic (exact) mass is 244 g/mol. The summed E-state index contributed by atoms with van der Waals surface area (Å²) in [5.74, 6) is 0.178. The summed E-state index contributed by atoms with van der Waals surface area (Å²) in [6, 6.07) is 6.63. The predicted octanol–water partition coefficient (Wildman–Crippen LogP) is 2.34. The highest BCUT2D eigenvalue weighted by molar-refractivity contribution is 6.06. The topological polar surface area (TPSA) is 55.1 Å². The number of nitrogens with two attached hydrogens (primary N) is 1. The van der Waals surface area contributed by atoms with Crippen molar-refractivity contribution >= 4 is 11.6 Å². The first-order valence-electron chi connectivity index (χ1n) is 6.86. The summed E-state index contributed by atoms with van der Waals surface area (Å²) in [5, 5.41) is 3.04. The van der Waals surface area contributed by atoms with Crippen molar-refractivity contribution in [2.24, 2.45) is 5.73 Å². The number of fused-ring (bicyclic) bond motifs is 2. The van der Waals surface area contributed by atoms with Gasteiger partial charge in [0.25, 0.3) is 0 Å². The van der Waals surface area contributed by atoms with E-state index in [0.717, 1.165) is 37.8 Å². The average molecular weight is 244 g/mol. The Labute approximate surface area is 108 Å². The van der Waals surface area contributed by atoms with Gasteiger partial charge >= 0.3 is 0 Å². The zero-order valence-electron chi connectivity index (χ0n) is 10.8. The number of carbonyl (C=O) groups excluding carboxylic acids is 1. The van der Waals surface area contributed by atoms with Gasteiger partial charge in [-0.3, -0.25) is 4.79 Å². The largest absolute Gasteiger partial charge is 0.328 e. The Morgan fingerprint density at radius 3 is 2.78 bits per heavy atom. The van der Waals surface area contributed by atoms with Gasteiger partial charge in [-0.25, -0.2) is 0 Å². The summed E-state index contributed by atoms with van der Waals surface area (Å²) in [6.07, 6.45) is 4.68. The lowest BCUT2D eigenvalue weighted by Gasteiger charge is -2.34. The molecule has 3 heteroatoms. The van der Waals surface area contributed by atoms with Crippen LogP contribution in [0, 0.1) is 0 Å². The summed E-state index contributed by atoms with van der Waals surface area (Å²) in [4.78, 5) is 12.4. The van der Waals surface area contributed by atoms with Crippen molar-refractivity contribution in [3.8, 4) is 0 Å². The summed E-state index contributed by atoms with van der Waals surface area (Å²) < 4.78 is 0. The molecule has 1 aliphatic carbocycles. The molecule has 18 heavy (non-hydrogen) atoms. The fourth-order valence-corrected chi connectivity index (χ4v) is 3.31. The molecule has 0 aromatic heterocycles. The molecular formula is C15H20N2O. The van der Waals surface area contributed by atoms with Gasteiger partial charge in [0.1, 0.15) is 0 Å². The summed E-state index contributed by atoms with van der Waals surface area (Å²) in [7, 11) is 0. The van der Waals surface area contributed by atoms with Crippen molar-refractivity contribution in [3.05, 3.63) is 29.3 Å². The Bertz CT molecular complexity index is 487. The minimum absolute atomic E-state index is 0.178. The lowest BCUT2D eigenvalue weighted by atomic mass is 9.69. The Morgan fingerprint density at radius 2 is 2.11 bits per heavy atom. The van der Waals surface area contributed by atoms with Crippen LogP contribution in [-0.4, -0.2) is 11.9 Å². The molecule has 1 fully saturated rings. The van der Waals surface area contributed by atoms with Crippen LogP contribution in [-0.2, 0) is 16.6 Å². The van der Waals surface area contributed by atoms with Gasteiger partial charge in [0, 0.05) is 11.7 Å². The molecule has 3 nitrogen and oxygen atoms in total. The van der Waals surface area contributed by atoms with Crippen molar-refractivity contribution < 1.29 is 4.79 Å². The molecule has 1 heterocycles. The van der Waals surface area contributed by atoms with E-state index in [1.165, 1.54) is 11.1 Å². The zero-order valence-corrected chi connectivity index (χ0v) is 10.8. The number of carbonyl (C=O) groups is 1. The third kappa shape index (κ3) is 1.57. The molecule has 0 unspecified atom stereocenters. The van der Waals surface area contributed by atoms with Gasteiger partial charge in [-0.2, -0.15) is 0 Å². The van der Waals surface area contributed by atoms with Crippen LogP contribution in [0.15, 0.2) is 18.2 Å². The van der Waals surface area contributed by atoms with Crippen molar-refractivity contribution in [2.45, 2.75) is 50.5 Å². The molecule has 2 aliphatic rings. The first-order valence-corrected chi connectivity index (χ1v) is 6.86. The second-order valence-electron chi connectivity index (χ2n) is 5.61. The standard InChI is InChI=1S/C15H20N2O/c1-2-10-3-4-13-12(9-10)15(14(18)17-13)7-5-11(16)6-8-15/h3-4,9,11H,2,5-8,16H2,1H3,(H,17,18). The number of anilines is 1. The number of hydrogen-bond donors (Lipinski definition) is 2. The maximum absolute atomic E-state index is 12.4.